The van der Waals surface area contributed by atoms with Crippen LogP contribution in [0.15, 0.2) is 24.3 Å². The minimum absolute atomic E-state index is 0.0925. The summed E-state index contributed by atoms with van der Waals surface area (Å²) in [6.07, 6.45) is 3.29. The van der Waals surface area contributed by atoms with Gasteiger partial charge in [-0.2, -0.15) is 0 Å². The van der Waals surface area contributed by atoms with Gasteiger partial charge in [-0.3, -0.25) is 4.79 Å². The van der Waals surface area contributed by atoms with Crippen molar-refractivity contribution in [2.24, 2.45) is 5.73 Å². The van der Waals surface area contributed by atoms with E-state index in [1.165, 1.54) is 12.1 Å². The number of amides is 1. The second kappa shape index (κ2) is 4.35. The van der Waals surface area contributed by atoms with Crippen molar-refractivity contribution in [2.75, 3.05) is 0 Å². The summed E-state index contributed by atoms with van der Waals surface area (Å²) in [6, 6.07) is 6.53. The van der Waals surface area contributed by atoms with Gasteiger partial charge in [-0.15, -0.1) is 0 Å². The molecule has 2 N–H and O–H groups in total. The zero-order valence-corrected chi connectivity index (χ0v) is 10.2. The number of hydrogen-bond donors (Lipinski definition) is 1. The van der Waals surface area contributed by atoms with Crippen LogP contribution >= 0.6 is 0 Å². The van der Waals surface area contributed by atoms with E-state index < -0.39 is 0 Å². The van der Waals surface area contributed by atoms with E-state index in [0.717, 1.165) is 18.4 Å². The Morgan fingerprint density at radius 3 is 2.72 bits per heavy atom. The van der Waals surface area contributed by atoms with Crippen molar-refractivity contribution in [3.63, 3.8) is 0 Å². The molecule has 1 amide bonds. The van der Waals surface area contributed by atoms with Crippen LogP contribution in [-0.2, 0) is 4.79 Å². The van der Waals surface area contributed by atoms with E-state index >= 15 is 0 Å². The number of nitrogens with two attached hydrogens (primary N) is 1. The molecule has 1 aliphatic heterocycles. The van der Waals surface area contributed by atoms with Gasteiger partial charge in [-0.1, -0.05) is 12.1 Å². The van der Waals surface area contributed by atoms with Crippen LogP contribution in [0.2, 0.25) is 0 Å². The Morgan fingerprint density at radius 2 is 2.06 bits per heavy atom. The van der Waals surface area contributed by atoms with E-state index in [2.05, 4.69) is 0 Å². The van der Waals surface area contributed by atoms with Crippen molar-refractivity contribution in [3.05, 3.63) is 35.6 Å². The molecule has 0 bridgehead atoms. The predicted octanol–water partition coefficient (Wildman–Crippen LogP) is 1.98. The maximum Gasteiger partial charge on any atom is 0.223 e. The van der Waals surface area contributed by atoms with Crippen LogP contribution < -0.4 is 5.73 Å². The Hall–Kier alpha value is -1.42. The van der Waals surface area contributed by atoms with Crippen LogP contribution in [-0.4, -0.2) is 22.9 Å². The SMILES string of the molecule is NC1CCC(=O)N(C2CC2)C1c1cccc(F)c1. The quantitative estimate of drug-likeness (QED) is 0.870. The van der Waals surface area contributed by atoms with Gasteiger partial charge < -0.3 is 10.6 Å². The molecule has 1 saturated heterocycles. The Balaban J connectivity index is 1.96. The van der Waals surface area contributed by atoms with Gasteiger partial charge in [0.25, 0.3) is 0 Å². The number of likely N-dealkylation sites (tertiary alicyclic amines) is 1. The van der Waals surface area contributed by atoms with Crippen LogP contribution in [0.25, 0.3) is 0 Å². The Labute approximate surface area is 106 Å². The first-order chi connectivity index (χ1) is 8.66. The van der Waals surface area contributed by atoms with E-state index in [9.17, 15) is 9.18 Å². The fraction of sp³-hybridized carbons (Fsp3) is 0.500. The molecule has 3 nitrogen and oxygen atoms in total. The molecule has 2 unspecified atom stereocenters. The van der Waals surface area contributed by atoms with Crippen LogP contribution in [0.3, 0.4) is 0 Å². The average molecular weight is 248 g/mol. The van der Waals surface area contributed by atoms with E-state index in [1.807, 2.05) is 11.0 Å². The Kier molecular flexibility index (Phi) is 2.82. The molecule has 2 aliphatic rings. The second-order valence-electron chi connectivity index (χ2n) is 5.23. The summed E-state index contributed by atoms with van der Waals surface area (Å²) in [5.41, 5.74) is 6.98. The Bertz CT molecular complexity index is 473. The number of piperidine rings is 1. The largest absolute Gasteiger partial charge is 0.331 e. The normalized spacial score (nSPS) is 28.6. The molecular weight excluding hydrogens is 231 g/mol. The van der Waals surface area contributed by atoms with Crippen molar-refractivity contribution in [1.29, 1.82) is 0 Å². The topological polar surface area (TPSA) is 46.3 Å². The molecule has 0 aromatic heterocycles. The first-order valence-electron chi connectivity index (χ1n) is 6.49. The van der Waals surface area contributed by atoms with Crippen molar-refractivity contribution >= 4 is 5.91 Å². The van der Waals surface area contributed by atoms with E-state index in [-0.39, 0.29) is 23.8 Å². The highest BCUT2D eigenvalue weighted by Crippen LogP contribution is 2.39. The first-order valence-corrected chi connectivity index (χ1v) is 6.49. The van der Waals surface area contributed by atoms with Gasteiger partial charge >= 0.3 is 0 Å². The standard InChI is InChI=1S/C14H17FN2O/c15-10-3-1-2-9(8-10)14-12(16)6-7-13(18)17(14)11-4-5-11/h1-3,8,11-12,14H,4-7,16H2. The lowest BCUT2D eigenvalue weighted by Crippen LogP contribution is -2.49. The van der Waals surface area contributed by atoms with Gasteiger partial charge in [-0.05, 0) is 37.0 Å². The molecule has 18 heavy (non-hydrogen) atoms. The van der Waals surface area contributed by atoms with E-state index in [0.29, 0.717) is 18.9 Å². The molecule has 1 aromatic rings. The summed E-state index contributed by atoms with van der Waals surface area (Å²) >= 11 is 0. The number of carbonyl (C=O) groups is 1. The first kappa shape index (κ1) is 11.7. The highest BCUT2D eigenvalue weighted by molar-refractivity contribution is 5.78. The highest BCUT2D eigenvalue weighted by Gasteiger charge is 2.42. The number of hydrogen-bond acceptors (Lipinski definition) is 2. The van der Waals surface area contributed by atoms with E-state index in [4.69, 9.17) is 5.73 Å². The van der Waals surface area contributed by atoms with Gasteiger partial charge in [-0.25, -0.2) is 4.39 Å². The molecule has 2 atom stereocenters. The van der Waals surface area contributed by atoms with Crippen molar-refractivity contribution in [2.45, 2.75) is 43.8 Å². The van der Waals surface area contributed by atoms with Crippen molar-refractivity contribution in [1.82, 2.24) is 4.90 Å². The number of halogens is 1. The number of carbonyl (C=O) groups excluding carboxylic acids is 1. The molecule has 1 heterocycles. The summed E-state index contributed by atoms with van der Waals surface area (Å²) in [5, 5.41) is 0. The molecule has 4 heteroatoms. The fourth-order valence-electron chi connectivity index (χ4n) is 2.82. The smallest absolute Gasteiger partial charge is 0.223 e. The summed E-state index contributed by atoms with van der Waals surface area (Å²) < 4.78 is 13.3. The average Bonchev–Trinajstić information content (AvgIpc) is 3.16. The highest BCUT2D eigenvalue weighted by atomic mass is 19.1. The lowest BCUT2D eigenvalue weighted by atomic mass is 9.90. The zero-order valence-electron chi connectivity index (χ0n) is 10.2. The number of nitrogens with zero attached hydrogens (tertiary/aromatic N) is 1. The van der Waals surface area contributed by atoms with Gasteiger partial charge in [0.1, 0.15) is 5.82 Å². The van der Waals surface area contributed by atoms with Gasteiger partial charge in [0.2, 0.25) is 5.91 Å². The van der Waals surface area contributed by atoms with Crippen molar-refractivity contribution in [3.8, 4) is 0 Å². The monoisotopic (exact) mass is 248 g/mol. The third kappa shape index (κ3) is 2.01. The van der Waals surface area contributed by atoms with Crippen LogP contribution in [0.1, 0.15) is 37.3 Å². The van der Waals surface area contributed by atoms with Gasteiger partial charge in [0, 0.05) is 18.5 Å². The Morgan fingerprint density at radius 1 is 1.28 bits per heavy atom. The molecule has 1 saturated carbocycles. The number of benzene rings is 1. The molecule has 2 fully saturated rings. The van der Waals surface area contributed by atoms with Crippen LogP contribution in [0.5, 0.6) is 0 Å². The van der Waals surface area contributed by atoms with Gasteiger partial charge in [0.05, 0.1) is 6.04 Å². The molecule has 3 rings (SSSR count). The maximum absolute atomic E-state index is 13.3. The summed E-state index contributed by atoms with van der Waals surface area (Å²) in [5.74, 6) is -0.109. The molecular formula is C14H17FN2O. The molecule has 96 valence electrons. The summed E-state index contributed by atoms with van der Waals surface area (Å²) in [6.45, 7) is 0. The second-order valence-corrected chi connectivity index (χ2v) is 5.23. The lowest BCUT2D eigenvalue weighted by Gasteiger charge is -2.40. The lowest BCUT2D eigenvalue weighted by molar-refractivity contribution is -0.138. The van der Waals surface area contributed by atoms with Crippen LogP contribution in [0, 0.1) is 5.82 Å². The molecule has 1 aliphatic carbocycles. The van der Waals surface area contributed by atoms with E-state index in [1.54, 1.807) is 6.07 Å². The predicted molar refractivity (Wildman–Crippen MR) is 66.2 cm³/mol. The summed E-state index contributed by atoms with van der Waals surface area (Å²) in [4.78, 5) is 14.0. The third-order valence-electron chi connectivity index (χ3n) is 3.82. The minimum Gasteiger partial charge on any atom is -0.331 e. The minimum atomic E-state index is -0.270. The van der Waals surface area contributed by atoms with Crippen LogP contribution in [0.4, 0.5) is 4.39 Å². The summed E-state index contributed by atoms with van der Waals surface area (Å²) in [7, 11) is 0. The molecule has 0 spiro atoms. The zero-order chi connectivity index (χ0) is 12.7. The third-order valence-corrected chi connectivity index (χ3v) is 3.82. The van der Waals surface area contributed by atoms with Crippen molar-refractivity contribution < 1.29 is 9.18 Å². The van der Waals surface area contributed by atoms with Gasteiger partial charge in [0.15, 0.2) is 0 Å². The molecule has 0 radical (unpaired) electrons. The number of rotatable bonds is 2. The molecule has 1 aromatic carbocycles. The fourth-order valence-corrected chi connectivity index (χ4v) is 2.82. The maximum atomic E-state index is 13.3.